The van der Waals surface area contributed by atoms with Gasteiger partial charge in [0.2, 0.25) is 0 Å². The van der Waals surface area contributed by atoms with E-state index in [2.05, 4.69) is 68.5 Å². The van der Waals surface area contributed by atoms with E-state index in [-0.39, 0.29) is 6.61 Å². The molecule has 12 heteroatoms. The van der Waals surface area contributed by atoms with Crippen molar-refractivity contribution in [3.8, 4) is 22.5 Å². The number of nitrogens with zero attached hydrogens (tertiary/aromatic N) is 6. The van der Waals surface area contributed by atoms with Gasteiger partial charge in [0.05, 0.1) is 22.7 Å². The first-order valence-corrected chi connectivity index (χ1v) is 19.1. The molecule has 2 fully saturated rings. The van der Waals surface area contributed by atoms with Crippen molar-refractivity contribution >= 4 is 46.7 Å². The van der Waals surface area contributed by atoms with Crippen molar-refractivity contribution in [2.45, 2.75) is 44.8 Å². The highest BCUT2D eigenvalue weighted by molar-refractivity contribution is 7.99. The molecule has 0 saturated heterocycles. The summed E-state index contributed by atoms with van der Waals surface area (Å²) in [6, 6.07) is 24.8. The smallest absolute Gasteiger partial charge is 0.109 e. The summed E-state index contributed by atoms with van der Waals surface area (Å²) in [4.78, 5) is 17.9. The normalized spacial score (nSPS) is 19.0. The van der Waals surface area contributed by atoms with Crippen LogP contribution in [-0.2, 0) is 18.8 Å². The van der Waals surface area contributed by atoms with Gasteiger partial charge in [0, 0.05) is 57.9 Å². The quantitative estimate of drug-likeness (QED) is 0.140. The van der Waals surface area contributed by atoms with E-state index >= 15 is 0 Å². The summed E-state index contributed by atoms with van der Waals surface area (Å²) in [5.74, 6) is 2.25. The van der Waals surface area contributed by atoms with E-state index in [0.29, 0.717) is 33.7 Å². The number of halogens is 2. The van der Waals surface area contributed by atoms with Crippen molar-refractivity contribution in [3.05, 3.63) is 119 Å². The second kappa shape index (κ2) is 15.9. The van der Waals surface area contributed by atoms with Crippen molar-refractivity contribution in [1.29, 1.82) is 0 Å². The van der Waals surface area contributed by atoms with Gasteiger partial charge in [-0.1, -0.05) is 71.7 Å². The summed E-state index contributed by atoms with van der Waals surface area (Å²) >= 11 is 15.0. The average Bonchev–Trinajstić information content (AvgIpc) is 4.05. The summed E-state index contributed by atoms with van der Waals surface area (Å²) in [5.41, 5.74) is 6.82. The summed E-state index contributed by atoms with van der Waals surface area (Å²) in [6.45, 7) is 1.13. The van der Waals surface area contributed by atoms with Gasteiger partial charge in [-0.3, -0.25) is 0 Å². The Hall–Kier alpha value is -3.64. The fourth-order valence-corrected chi connectivity index (χ4v) is 8.23. The third kappa shape index (κ3) is 8.54. The maximum atomic E-state index is 9.24. The maximum absolute atomic E-state index is 9.24. The second-order valence-corrected chi connectivity index (χ2v) is 15.8. The topological polar surface area (TPSA) is 90.9 Å². The summed E-state index contributed by atoms with van der Waals surface area (Å²) in [6.07, 6.45) is 9.30. The van der Waals surface area contributed by atoms with Crippen LogP contribution in [0.5, 0.6) is 0 Å². The maximum Gasteiger partial charge on any atom is 0.109 e. The Labute approximate surface area is 316 Å². The molecular weight excluding hydrogens is 720 g/mol. The van der Waals surface area contributed by atoms with Crippen LogP contribution in [0, 0.1) is 11.8 Å². The van der Waals surface area contributed by atoms with E-state index in [1.165, 1.54) is 17.5 Å². The first-order chi connectivity index (χ1) is 24.8. The minimum absolute atomic E-state index is 0.279. The van der Waals surface area contributed by atoms with Gasteiger partial charge < -0.3 is 19.0 Å². The third-order valence-corrected chi connectivity index (χ3v) is 12.0. The SMILES string of the molecule is COC[C@H]1C[C@@H]1c1ccc(-c2ncn(C)c2Sc2ccc(Cl)cn2)cc1.Cn1cnc(-c2ccc([C@H]3C[C@@H]3CO)cc2)c1Sc1ccc(Cl)cn1. The lowest BCUT2D eigenvalue weighted by atomic mass is 10.1. The number of hydrogen-bond donors (Lipinski definition) is 1. The van der Waals surface area contributed by atoms with Gasteiger partial charge in [-0.2, -0.15) is 0 Å². The van der Waals surface area contributed by atoms with Crippen LogP contribution >= 0.6 is 46.7 Å². The van der Waals surface area contributed by atoms with Crippen molar-refractivity contribution < 1.29 is 9.84 Å². The van der Waals surface area contributed by atoms with Crippen LogP contribution in [-0.4, -0.2) is 54.5 Å². The van der Waals surface area contributed by atoms with Gasteiger partial charge in [-0.05, 0) is 95.4 Å². The lowest BCUT2D eigenvalue weighted by molar-refractivity contribution is 0.184. The van der Waals surface area contributed by atoms with Crippen LogP contribution in [0.3, 0.4) is 0 Å². The number of aliphatic hydroxyl groups excluding tert-OH is 1. The molecule has 0 radical (unpaired) electrons. The molecule has 1 N–H and O–H groups in total. The standard InChI is InChI=1S/C20H20ClN3OS.C19H18ClN3OS/c1-24-12-23-19(20(24)26-18-8-7-16(21)10-22-18)14-5-3-13(4-6-14)17-9-15(17)11-25-2;1-23-11-22-18(19(23)25-17-7-6-15(20)9-21-17)13-4-2-12(3-5-13)16-8-14(16)10-24/h3-8,10,12,15,17H,9,11H2,1-2H3;2-7,9,11,14,16,24H,8,10H2,1H3/t15-,17-;14-,16-/m11/s1. The number of aliphatic hydroxyl groups is 1. The molecule has 2 aliphatic rings. The van der Waals surface area contributed by atoms with E-state index in [4.69, 9.17) is 27.9 Å². The van der Waals surface area contributed by atoms with E-state index in [9.17, 15) is 5.11 Å². The Morgan fingerprint density at radius 1 is 0.667 bits per heavy atom. The van der Waals surface area contributed by atoms with E-state index < -0.39 is 0 Å². The molecule has 262 valence electrons. The number of aryl methyl sites for hydroxylation is 2. The van der Waals surface area contributed by atoms with Crippen LogP contribution in [0.25, 0.3) is 22.5 Å². The van der Waals surface area contributed by atoms with Gasteiger partial charge in [-0.25, -0.2) is 19.9 Å². The highest BCUT2D eigenvalue weighted by Crippen LogP contribution is 2.48. The molecule has 51 heavy (non-hydrogen) atoms. The monoisotopic (exact) mass is 756 g/mol. The summed E-state index contributed by atoms with van der Waals surface area (Å²) < 4.78 is 9.30. The van der Waals surface area contributed by atoms with E-state index in [1.807, 2.05) is 60.1 Å². The Balaban J connectivity index is 0.000000159. The Morgan fingerprint density at radius 2 is 1.12 bits per heavy atom. The van der Waals surface area contributed by atoms with Crippen molar-refractivity contribution in [2.75, 3.05) is 20.3 Å². The second-order valence-electron chi connectivity index (χ2n) is 12.9. The molecule has 2 aromatic carbocycles. The van der Waals surface area contributed by atoms with Gasteiger partial charge in [0.15, 0.2) is 0 Å². The lowest BCUT2D eigenvalue weighted by Crippen LogP contribution is -1.93. The van der Waals surface area contributed by atoms with Gasteiger partial charge in [0.25, 0.3) is 0 Å². The summed E-state index contributed by atoms with van der Waals surface area (Å²) in [5, 5.41) is 14.4. The zero-order chi connectivity index (χ0) is 35.5. The molecule has 0 bridgehead atoms. The molecule has 0 spiro atoms. The number of pyridine rings is 2. The van der Waals surface area contributed by atoms with Gasteiger partial charge in [0.1, 0.15) is 31.5 Å². The first kappa shape index (κ1) is 35.7. The molecule has 4 heterocycles. The molecule has 4 atom stereocenters. The highest BCUT2D eigenvalue weighted by Gasteiger charge is 2.38. The van der Waals surface area contributed by atoms with Gasteiger partial charge in [-0.15, -0.1) is 0 Å². The number of aromatic nitrogens is 6. The Kier molecular flexibility index (Phi) is 11.2. The molecular formula is C39H38Cl2N6O2S2. The van der Waals surface area contributed by atoms with Crippen LogP contribution in [0.1, 0.15) is 35.8 Å². The number of hydrogen-bond acceptors (Lipinski definition) is 8. The van der Waals surface area contributed by atoms with Gasteiger partial charge >= 0.3 is 0 Å². The first-order valence-electron chi connectivity index (χ1n) is 16.7. The number of imidazole rings is 2. The minimum Gasteiger partial charge on any atom is -0.396 e. The predicted octanol–water partition coefficient (Wildman–Crippen LogP) is 9.42. The highest BCUT2D eigenvalue weighted by atomic mass is 35.5. The molecule has 0 unspecified atom stereocenters. The van der Waals surface area contributed by atoms with Crippen molar-refractivity contribution in [3.63, 3.8) is 0 Å². The molecule has 2 aliphatic carbocycles. The minimum atomic E-state index is 0.279. The van der Waals surface area contributed by atoms with E-state index in [0.717, 1.165) is 55.6 Å². The predicted molar refractivity (Wildman–Crippen MR) is 205 cm³/mol. The third-order valence-electron chi connectivity index (χ3n) is 9.25. The molecule has 6 aromatic rings. The fraction of sp³-hybridized carbons (Fsp3) is 0.282. The molecule has 4 aromatic heterocycles. The van der Waals surface area contributed by atoms with Crippen molar-refractivity contribution in [2.24, 2.45) is 25.9 Å². The Bertz CT molecular complexity index is 2070. The number of methoxy groups -OCH3 is 1. The van der Waals surface area contributed by atoms with E-state index in [1.54, 1.807) is 43.0 Å². The van der Waals surface area contributed by atoms with Crippen LogP contribution in [0.15, 0.2) is 118 Å². The number of ether oxygens (including phenoxy) is 1. The van der Waals surface area contributed by atoms with Crippen LogP contribution in [0.4, 0.5) is 0 Å². The summed E-state index contributed by atoms with van der Waals surface area (Å²) in [7, 11) is 5.76. The van der Waals surface area contributed by atoms with Crippen LogP contribution < -0.4 is 0 Å². The molecule has 8 nitrogen and oxygen atoms in total. The van der Waals surface area contributed by atoms with Crippen molar-refractivity contribution in [1.82, 2.24) is 29.1 Å². The average molecular weight is 758 g/mol. The molecule has 8 rings (SSSR count). The largest absolute Gasteiger partial charge is 0.396 e. The number of benzene rings is 2. The lowest BCUT2D eigenvalue weighted by Gasteiger charge is -2.07. The molecule has 2 saturated carbocycles. The zero-order valence-electron chi connectivity index (χ0n) is 28.5. The Morgan fingerprint density at radius 3 is 1.51 bits per heavy atom. The molecule has 0 aliphatic heterocycles. The number of rotatable bonds is 11. The van der Waals surface area contributed by atoms with Crippen LogP contribution in [0.2, 0.25) is 10.0 Å². The fourth-order valence-electron chi connectivity index (χ4n) is 6.21. The zero-order valence-corrected chi connectivity index (χ0v) is 31.6. The molecule has 0 amide bonds.